The van der Waals surface area contributed by atoms with Crippen LogP contribution in [0.2, 0.25) is 10.6 Å². The molecule has 4 aliphatic heterocycles. The number of aliphatic hydroxyl groups is 4. The van der Waals surface area contributed by atoms with E-state index in [9.17, 15) is 39.6 Å². The molecule has 7 heterocycles. The van der Waals surface area contributed by atoms with Crippen molar-refractivity contribution in [2.24, 2.45) is 0 Å². The Balaban J connectivity index is 0.661. The third kappa shape index (κ3) is 26.9. The molecule has 9 N–H and O–H groups in total. The number of unbranched alkanes of at least 4 members (excludes halogenated alkanes) is 2. The van der Waals surface area contributed by atoms with E-state index >= 15 is 0 Å². The summed E-state index contributed by atoms with van der Waals surface area (Å²) >= 11 is 13.6. The molecule has 0 aromatic carbocycles. The summed E-state index contributed by atoms with van der Waals surface area (Å²) in [5, 5.41) is 67.0. The lowest BCUT2D eigenvalue weighted by Gasteiger charge is -2.42. The SMILES string of the molecule is CC(=O)CCCc1cn(CCCCCC(=O)NC(COCCC(=O)NCCOCCOCCOCCOC[C@@]23CO[C@@H](O2)[C@H](Nc2nc(Cl)ns2)[C@@H](O)[C@H]3O)COCCC(=O)NCCOCCOCCOCCOC[C@@]23CO[C@@H](O2)[C@H](Nc2nc(Cl)ns2)[C@@H](O)[C@H]3O)nn1. The molecule has 0 spiro atoms. The number of anilines is 2. The minimum Gasteiger partial charge on any atom is -0.388 e. The van der Waals surface area contributed by atoms with Gasteiger partial charge in [-0.3, -0.25) is 19.1 Å². The van der Waals surface area contributed by atoms with Crippen molar-refractivity contribution in [2.45, 2.75) is 138 Å². The number of fused-ring (bicyclic) bond motifs is 4. The smallest absolute Gasteiger partial charge is 0.236 e. The number of nitrogens with one attached hydrogen (secondary N) is 5. The number of hydrogen-bond donors (Lipinski definition) is 9. The third-order valence-corrected chi connectivity index (χ3v) is 16.8. The molecule has 4 saturated heterocycles. The van der Waals surface area contributed by atoms with Crippen LogP contribution in [0.4, 0.5) is 10.3 Å². The van der Waals surface area contributed by atoms with Gasteiger partial charge < -0.3 is 118 Å². The summed E-state index contributed by atoms with van der Waals surface area (Å²) in [4.78, 5) is 57.4. The first-order valence-corrected chi connectivity index (χ1v) is 33.7. The van der Waals surface area contributed by atoms with Crippen molar-refractivity contribution >= 4 is 80.0 Å². The molecule has 0 unspecified atom stereocenters. The highest BCUT2D eigenvalue weighted by Crippen LogP contribution is 2.40. The zero-order valence-electron chi connectivity index (χ0n) is 52.7. The number of carbonyl (C=O) groups excluding carboxylic acids is 4. The highest BCUT2D eigenvalue weighted by atomic mass is 35.5. The minimum absolute atomic E-state index is 0.0217. The monoisotopic (exact) mass is 1420 g/mol. The summed E-state index contributed by atoms with van der Waals surface area (Å²) in [7, 11) is 0. The maximum atomic E-state index is 13.0. The number of hydrogen-bond acceptors (Lipinski definition) is 32. The van der Waals surface area contributed by atoms with Gasteiger partial charge in [0, 0.05) is 74.6 Å². The molecule has 3 aromatic rings. The lowest BCUT2D eigenvalue weighted by Crippen LogP contribution is -2.64. The van der Waals surface area contributed by atoms with Gasteiger partial charge in [-0.15, -0.1) is 5.10 Å². The number of ether oxygens (including phenoxy) is 14. The minimum atomic E-state index is -1.30. The van der Waals surface area contributed by atoms with Gasteiger partial charge in [0.1, 0.15) is 53.5 Å². The van der Waals surface area contributed by atoms with Crippen LogP contribution < -0.4 is 26.6 Å². The van der Waals surface area contributed by atoms with E-state index in [0.29, 0.717) is 88.9 Å². The third-order valence-electron chi connectivity index (χ3n) is 15.0. The molecule has 10 atom stereocenters. The van der Waals surface area contributed by atoms with E-state index in [4.69, 9.17) is 89.5 Å². The van der Waals surface area contributed by atoms with Crippen LogP contribution in [0.15, 0.2) is 6.20 Å². The van der Waals surface area contributed by atoms with Crippen molar-refractivity contribution < 1.29 is 106 Å². The Hall–Kier alpha value is -4.20. The lowest BCUT2D eigenvalue weighted by atomic mass is 9.88. The van der Waals surface area contributed by atoms with Crippen LogP contribution in [0.3, 0.4) is 0 Å². The zero-order chi connectivity index (χ0) is 66.8. The van der Waals surface area contributed by atoms with Crippen LogP contribution in [0, 0.1) is 0 Å². The average molecular weight is 1420 g/mol. The first-order valence-electron chi connectivity index (χ1n) is 31.4. The summed E-state index contributed by atoms with van der Waals surface area (Å²) in [6, 6.07) is -2.12. The van der Waals surface area contributed by atoms with Crippen LogP contribution in [0.1, 0.15) is 64.0 Å². The predicted molar refractivity (Wildman–Crippen MR) is 333 cm³/mol. The van der Waals surface area contributed by atoms with Gasteiger partial charge in [0.25, 0.3) is 0 Å². The molecular weight excluding hydrogens is 1330 g/mol. The Bertz CT molecular complexity index is 2530. The quantitative estimate of drug-likeness (QED) is 0.0309. The van der Waals surface area contributed by atoms with Gasteiger partial charge in [0.15, 0.2) is 12.6 Å². The van der Waals surface area contributed by atoms with Crippen LogP contribution >= 0.6 is 46.3 Å². The fourth-order valence-electron chi connectivity index (χ4n) is 10.0. The van der Waals surface area contributed by atoms with E-state index in [0.717, 1.165) is 48.0 Å². The number of ketones is 1. The number of Topliss-reactive ketones (excluding diaryl/α,β-unsaturated/α-hetero) is 1. The first kappa shape index (κ1) is 77.2. The van der Waals surface area contributed by atoms with Crippen molar-refractivity contribution in [1.29, 1.82) is 0 Å². The molecule has 4 fully saturated rings. The predicted octanol–water partition coefficient (Wildman–Crippen LogP) is -0.921. The Morgan fingerprint density at radius 2 is 1.04 bits per heavy atom. The molecule has 0 radical (unpaired) electrons. The normalized spacial score (nSPS) is 23.9. The number of halogens is 2. The number of nitrogens with zero attached hydrogens (tertiary/aromatic N) is 7. The summed E-state index contributed by atoms with van der Waals surface area (Å²) in [5.74, 6) is -0.520. The van der Waals surface area contributed by atoms with E-state index < -0.39 is 66.3 Å². The number of aromatic nitrogens is 7. The lowest BCUT2D eigenvalue weighted by molar-refractivity contribution is -0.230. The molecule has 7 rings (SSSR count). The van der Waals surface area contributed by atoms with Gasteiger partial charge in [-0.05, 0) is 55.8 Å². The van der Waals surface area contributed by atoms with Crippen LogP contribution in [0.5, 0.6) is 0 Å². The van der Waals surface area contributed by atoms with E-state index in [2.05, 4.69) is 55.6 Å². The van der Waals surface area contributed by atoms with Gasteiger partial charge in [-0.25, -0.2) is 0 Å². The second kappa shape index (κ2) is 42.6. The van der Waals surface area contributed by atoms with Crippen molar-refractivity contribution in [1.82, 2.24) is 49.7 Å². The molecule has 34 nitrogen and oxygen atoms in total. The topological polar surface area (TPSA) is 421 Å². The van der Waals surface area contributed by atoms with Gasteiger partial charge in [0.2, 0.25) is 38.6 Å². The second-order valence-corrected chi connectivity index (χ2v) is 24.6. The van der Waals surface area contributed by atoms with Crippen LogP contribution in [-0.4, -0.2) is 302 Å². The molecule has 4 bridgehead atoms. The fourth-order valence-corrected chi connectivity index (χ4v) is 11.5. The Kier molecular flexibility index (Phi) is 34.9. The van der Waals surface area contributed by atoms with Crippen LogP contribution in [-0.2, 0) is 98.5 Å². The van der Waals surface area contributed by atoms with Crippen molar-refractivity contribution in [3.63, 3.8) is 0 Å². The van der Waals surface area contributed by atoms with Gasteiger partial charge in [-0.1, -0.05) is 11.6 Å². The number of aryl methyl sites for hydroxylation is 2. The summed E-state index contributed by atoms with van der Waals surface area (Å²) in [5.41, 5.74) is -1.63. The van der Waals surface area contributed by atoms with Gasteiger partial charge in [-0.2, -0.15) is 18.7 Å². The molecule has 94 heavy (non-hydrogen) atoms. The largest absolute Gasteiger partial charge is 0.388 e. The molecule has 3 aromatic heterocycles. The molecule has 3 amide bonds. The molecule has 532 valence electrons. The van der Waals surface area contributed by atoms with E-state index in [1.54, 1.807) is 11.6 Å². The second-order valence-electron chi connectivity index (χ2n) is 22.4. The molecule has 38 heteroatoms. The highest BCUT2D eigenvalue weighted by Gasteiger charge is 2.61. The van der Waals surface area contributed by atoms with Crippen LogP contribution in [0.25, 0.3) is 0 Å². The van der Waals surface area contributed by atoms with Crippen molar-refractivity contribution in [3.05, 3.63) is 22.5 Å². The summed E-state index contributed by atoms with van der Waals surface area (Å²) < 4.78 is 89.3. The van der Waals surface area contributed by atoms with Crippen molar-refractivity contribution in [3.8, 4) is 0 Å². The zero-order valence-corrected chi connectivity index (χ0v) is 55.8. The Labute approximate surface area is 562 Å². The fraction of sp³-hybridized carbons (Fsp3) is 0.821. The number of aliphatic hydroxyl groups excluding tert-OH is 4. The molecule has 0 saturated carbocycles. The maximum absolute atomic E-state index is 13.0. The van der Waals surface area contributed by atoms with Crippen molar-refractivity contribution in [2.75, 3.05) is 169 Å². The first-order chi connectivity index (χ1) is 45.6. The Morgan fingerprint density at radius 3 is 1.49 bits per heavy atom. The van der Waals surface area contributed by atoms with E-state index in [1.807, 2.05) is 6.20 Å². The summed E-state index contributed by atoms with van der Waals surface area (Å²) in [6.45, 7) is 7.05. The van der Waals surface area contributed by atoms with E-state index in [-0.39, 0.29) is 159 Å². The average Bonchev–Trinajstić information content (AvgIpc) is 1.59. The molecule has 4 aliphatic rings. The number of amides is 3. The Morgan fingerprint density at radius 1 is 0.585 bits per heavy atom. The summed E-state index contributed by atoms with van der Waals surface area (Å²) in [6.07, 6.45) is -0.284. The maximum Gasteiger partial charge on any atom is 0.236 e. The standard InChI is InChI=1S/C56H90Cl2N12O22S2/c1-37(71)6-5-7-38-30-70(69-66-38)13-4-2-3-8-42(74)61-39(31-85-14-9-40(72)59-11-16-79-18-20-81-22-24-83-26-28-87-33-55-35-89-49(91-55)43(45(75)47(55)77)62-53-64-51(57)67-93-53)32-86-15-10-41(73)60-12-17-80-19-21-82-23-25-84-27-29-88-34-56-36-90-50(92-56)44(46(76)48(56)78)63-54-65-52(58)68-94-54/h30,39,43-50,75-78H,2-29,31-36H2,1H3,(H,59,72)(H,60,73)(H,61,74)(H,62,64,67)(H,63,65,68)/t43-,44-,45-,46-,47-,48-,49+,50+,55+,56+/m1/s1. The number of rotatable bonds is 53. The molecular formula is C56H90Cl2N12O22S2. The van der Waals surface area contributed by atoms with Gasteiger partial charge >= 0.3 is 0 Å². The highest BCUT2D eigenvalue weighted by molar-refractivity contribution is 7.10. The number of carbonyl (C=O) groups is 4. The van der Waals surface area contributed by atoms with E-state index in [1.165, 1.54) is 0 Å². The molecule has 0 aliphatic carbocycles. The van der Waals surface area contributed by atoms with Gasteiger partial charge in [0.05, 0.1) is 157 Å².